The minimum atomic E-state index is -0.0175. The van der Waals surface area contributed by atoms with Gasteiger partial charge in [0.1, 0.15) is 0 Å². The zero-order chi connectivity index (χ0) is 18.4. The van der Waals surface area contributed by atoms with Crippen LogP contribution in [0.4, 0.5) is 0 Å². The molecule has 0 heterocycles. The average molecular weight is 388 g/mol. The average Bonchev–Trinajstić information content (AvgIpc) is 2.63. The van der Waals surface area contributed by atoms with E-state index >= 15 is 0 Å². The van der Waals surface area contributed by atoms with Crippen LogP contribution >= 0.6 is 23.4 Å². The van der Waals surface area contributed by atoms with Crippen molar-refractivity contribution in [2.24, 2.45) is 0 Å². The zero-order valence-corrected chi connectivity index (χ0v) is 16.1. The topological polar surface area (TPSA) is 46.2 Å². The summed E-state index contributed by atoms with van der Waals surface area (Å²) in [4.78, 5) is 24.2. The van der Waals surface area contributed by atoms with Gasteiger partial charge in [-0.25, -0.2) is 0 Å². The van der Waals surface area contributed by atoms with Crippen molar-refractivity contribution in [2.45, 2.75) is 24.7 Å². The van der Waals surface area contributed by atoms with Crippen LogP contribution in [0.5, 0.6) is 0 Å². The van der Waals surface area contributed by atoms with E-state index in [1.807, 2.05) is 30.3 Å². The fraction of sp³-hybridized carbons (Fsp3) is 0.333. The minimum Gasteiger partial charge on any atom is -0.354 e. The molecule has 0 aliphatic heterocycles. The second-order valence-electron chi connectivity index (χ2n) is 6.70. The van der Waals surface area contributed by atoms with E-state index in [0.717, 1.165) is 17.9 Å². The van der Waals surface area contributed by atoms with E-state index in [2.05, 4.69) is 17.4 Å². The van der Waals surface area contributed by atoms with Gasteiger partial charge < -0.3 is 5.32 Å². The SMILES string of the molecule is O=C(CSCC(=O)c1ccccc1)NCC1(c2ccc(Cl)cc2)CCC1. The summed E-state index contributed by atoms with van der Waals surface area (Å²) in [6.45, 7) is 0.640. The fourth-order valence-electron chi connectivity index (χ4n) is 3.24. The molecule has 0 radical (unpaired) electrons. The molecule has 2 aromatic rings. The highest BCUT2D eigenvalue weighted by molar-refractivity contribution is 8.00. The van der Waals surface area contributed by atoms with Crippen LogP contribution in [0.1, 0.15) is 35.2 Å². The van der Waals surface area contributed by atoms with Crippen LogP contribution in [0.15, 0.2) is 54.6 Å². The van der Waals surface area contributed by atoms with Crippen LogP contribution in [0, 0.1) is 0 Å². The molecule has 0 unspecified atom stereocenters. The molecule has 136 valence electrons. The number of ketones is 1. The van der Waals surface area contributed by atoms with Gasteiger partial charge in [-0.15, -0.1) is 11.8 Å². The molecular weight excluding hydrogens is 366 g/mol. The highest BCUT2D eigenvalue weighted by Gasteiger charge is 2.38. The molecular formula is C21H22ClNO2S. The lowest BCUT2D eigenvalue weighted by Crippen LogP contribution is -2.46. The molecule has 1 aliphatic rings. The number of hydrogen-bond donors (Lipinski definition) is 1. The third kappa shape index (κ3) is 4.68. The molecule has 1 saturated carbocycles. The molecule has 0 aromatic heterocycles. The molecule has 1 aliphatic carbocycles. The lowest BCUT2D eigenvalue weighted by atomic mass is 9.64. The normalized spacial score (nSPS) is 15.1. The molecule has 1 amide bonds. The summed E-state index contributed by atoms with van der Waals surface area (Å²) in [6, 6.07) is 17.1. The van der Waals surface area contributed by atoms with Gasteiger partial charge >= 0.3 is 0 Å². The van der Waals surface area contributed by atoms with Crippen molar-refractivity contribution in [3.8, 4) is 0 Å². The van der Waals surface area contributed by atoms with Crippen molar-refractivity contribution in [1.82, 2.24) is 5.32 Å². The Bertz CT molecular complexity index is 757. The maximum Gasteiger partial charge on any atom is 0.230 e. The molecule has 1 fully saturated rings. The largest absolute Gasteiger partial charge is 0.354 e. The molecule has 26 heavy (non-hydrogen) atoms. The number of hydrogen-bond acceptors (Lipinski definition) is 3. The lowest BCUT2D eigenvalue weighted by Gasteiger charge is -2.42. The first-order chi connectivity index (χ1) is 12.6. The third-order valence-electron chi connectivity index (χ3n) is 4.95. The first-order valence-electron chi connectivity index (χ1n) is 8.78. The second kappa shape index (κ2) is 8.74. The quantitative estimate of drug-likeness (QED) is 0.678. The van der Waals surface area contributed by atoms with E-state index in [1.165, 1.54) is 23.7 Å². The Labute approximate surface area is 163 Å². The van der Waals surface area contributed by atoms with Crippen LogP contribution in [0.25, 0.3) is 0 Å². The number of amides is 1. The predicted octanol–water partition coefficient (Wildman–Crippen LogP) is 4.49. The van der Waals surface area contributed by atoms with Gasteiger partial charge in [0.2, 0.25) is 5.91 Å². The Kier molecular flexibility index (Phi) is 6.38. The van der Waals surface area contributed by atoms with E-state index in [9.17, 15) is 9.59 Å². The molecule has 0 atom stereocenters. The van der Waals surface area contributed by atoms with Crippen molar-refractivity contribution < 1.29 is 9.59 Å². The fourth-order valence-corrected chi connectivity index (χ4v) is 4.10. The van der Waals surface area contributed by atoms with E-state index in [1.54, 1.807) is 12.1 Å². The van der Waals surface area contributed by atoms with Gasteiger partial charge in [0.25, 0.3) is 0 Å². The van der Waals surface area contributed by atoms with Crippen LogP contribution in [-0.4, -0.2) is 29.7 Å². The van der Waals surface area contributed by atoms with Crippen molar-refractivity contribution in [1.29, 1.82) is 0 Å². The number of halogens is 1. The number of Topliss-reactive ketones (excluding diaryl/α,β-unsaturated/α-hetero) is 1. The number of thioether (sulfide) groups is 1. The summed E-state index contributed by atoms with van der Waals surface area (Å²) in [5.74, 6) is 0.658. The number of nitrogens with one attached hydrogen (secondary N) is 1. The number of carbonyl (C=O) groups is 2. The summed E-state index contributed by atoms with van der Waals surface area (Å²) in [5, 5.41) is 3.78. The Morgan fingerprint density at radius 3 is 2.31 bits per heavy atom. The molecule has 2 aromatic carbocycles. The maximum atomic E-state index is 12.2. The summed E-state index contributed by atoms with van der Waals surface area (Å²) >= 11 is 7.34. The monoisotopic (exact) mass is 387 g/mol. The summed E-state index contributed by atoms with van der Waals surface area (Å²) in [7, 11) is 0. The van der Waals surface area contributed by atoms with Crippen LogP contribution in [0.3, 0.4) is 0 Å². The smallest absolute Gasteiger partial charge is 0.230 e. The van der Waals surface area contributed by atoms with Crippen molar-refractivity contribution in [3.05, 3.63) is 70.7 Å². The Balaban J connectivity index is 1.45. The van der Waals surface area contributed by atoms with Crippen molar-refractivity contribution in [3.63, 3.8) is 0 Å². The highest BCUT2D eigenvalue weighted by atomic mass is 35.5. The molecule has 5 heteroatoms. The molecule has 0 bridgehead atoms. The first kappa shape index (κ1) is 19.0. The molecule has 1 N–H and O–H groups in total. The molecule has 0 spiro atoms. The summed E-state index contributed by atoms with van der Waals surface area (Å²) < 4.78 is 0. The van der Waals surface area contributed by atoms with E-state index in [-0.39, 0.29) is 17.1 Å². The second-order valence-corrected chi connectivity index (χ2v) is 8.12. The Morgan fingerprint density at radius 2 is 1.69 bits per heavy atom. The van der Waals surface area contributed by atoms with Crippen molar-refractivity contribution >= 4 is 35.1 Å². The first-order valence-corrected chi connectivity index (χ1v) is 10.3. The third-order valence-corrected chi connectivity index (χ3v) is 6.14. The van der Waals surface area contributed by atoms with E-state index < -0.39 is 0 Å². The van der Waals surface area contributed by atoms with E-state index in [0.29, 0.717) is 23.6 Å². The van der Waals surface area contributed by atoms with Gasteiger partial charge in [-0.05, 0) is 30.5 Å². The van der Waals surface area contributed by atoms with Crippen LogP contribution < -0.4 is 5.32 Å². The minimum absolute atomic E-state index is 0.0175. The summed E-state index contributed by atoms with van der Waals surface area (Å²) in [5.41, 5.74) is 1.96. The van der Waals surface area contributed by atoms with Gasteiger partial charge in [0.15, 0.2) is 5.78 Å². The van der Waals surface area contributed by atoms with Gasteiger partial charge in [-0.2, -0.15) is 0 Å². The van der Waals surface area contributed by atoms with E-state index in [4.69, 9.17) is 11.6 Å². The van der Waals surface area contributed by atoms with Gasteiger partial charge in [-0.3, -0.25) is 9.59 Å². The molecule has 3 rings (SSSR count). The van der Waals surface area contributed by atoms with Crippen molar-refractivity contribution in [2.75, 3.05) is 18.1 Å². The van der Waals surface area contributed by atoms with Gasteiger partial charge in [0, 0.05) is 22.5 Å². The number of rotatable bonds is 8. The molecule has 0 saturated heterocycles. The number of carbonyl (C=O) groups excluding carboxylic acids is 2. The van der Waals surface area contributed by atoms with Crippen LogP contribution in [-0.2, 0) is 10.2 Å². The predicted molar refractivity (Wildman–Crippen MR) is 108 cm³/mol. The van der Waals surface area contributed by atoms with Gasteiger partial charge in [0.05, 0.1) is 11.5 Å². The summed E-state index contributed by atoms with van der Waals surface area (Å²) in [6.07, 6.45) is 3.34. The maximum absolute atomic E-state index is 12.2. The highest BCUT2D eigenvalue weighted by Crippen LogP contribution is 2.43. The van der Waals surface area contributed by atoms with Crippen LogP contribution in [0.2, 0.25) is 5.02 Å². The van der Waals surface area contributed by atoms with Gasteiger partial charge in [-0.1, -0.05) is 60.5 Å². The standard InChI is InChI=1S/C21H22ClNO2S/c22-18-9-7-17(8-10-18)21(11-4-12-21)15-23-20(25)14-26-13-19(24)16-5-2-1-3-6-16/h1-3,5-10H,4,11-15H2,(H,23,25). The zero-order valence-electron chi connectivity index (χ0n) is 14.5. The Hall–Kier alpha value is -1.78. The number of benzene rings is 2. The Morgan fingerprint density at radius 1 is 1.00 bits per heavy atom. The molecule has 3 nitrogen and oxygen atoms in total. The lowest BCUT2D eigenvalue weighted by molar-refractivity contribution is -0.119.